The molecule has 1 amide bonds. The average molecular weight is 435 g/mol. The molecule has 0 radical (unpaired) electrons. The maximum atomic E-state index is 12.8. The number of nitrogens with two attached hydrogens (primary N) is 1. The second kappa shape index (κ2) is 8.85. The minimum atomic E-state index is -2.71. The standard InChI is InChI=1S/C22H19F2N7O/c23-19(24)21-28-17-9-8-13(11-18(17)29-21)22(32)27-10-4-7-16-15(12-25)20(26)31(30-16)14-5-2-1-3-6-14/h1-3,5-6,8-9,11,19H,4,7,10,26H2,(H,27,32)(H,28,29). The normalized spacial score (nSPS) is 11.1. The van der Waals surface area contributed by atoms with Crippen LogP contribution in [0.3, 0.4) is 0 Å². The number of hydrogen-bond donors (Lipinski definition) is 3. The Balaban J connectivity index is 1.39. The molecule has 4 N–H and O–H groups in total. The largest absolute Gasteiger partial charge is 0.382 e. The van der Waals surface area contributed by atoms with Crippen LogP contribution in [0.2, 0.25) is 0 Å². The van der Waals surface area contributed by atoms with Gasteiger partial charge in [0, 0.05) is 12.1 Å². The molecule has 2 aromatic carbocycles. The van der Waals surface area contributed by atoms with E-state index in [-0.39, 0.29) is 11.7 Å². The molecule has 4 rings (SSSR count). The van der Waals surface area contributed by atoms with Crippen molar-refractivity contribution in [2.24, 2.45) is 0 Å². The predicted molar refractivity (Wildman–Crippen MR) is 114 cm³/mol. The third kappa shape index (κ3) is 4.13. The first-order chi connectivity index (χ1) is 15.5. The molecule has 0 saturated heterocycles. The van der Waals surface area contributed by atoms with E-state index >= 15 is 0 Å². The number of carbonyl (C=O) groups is 1. The van der Waals surface area contributed by atoms with Crippen molar-refractivity contribution < 1.29 is 13.6 Å². The summed E-state index contributed by atoms with van der Waals surface area (Å²) in [7, 11) is 0. The zero-order chi connectivity index (χ0) is 22.7. The molecule has 0 bridgehead atoms. The van der Waals surface area contributed by atoms with Crippen LogP contribution in [0.4, 0.5) is 14.6 Å². The molecule has 10 heteroatoms. The van der Waals surface area contributed by atoms with Gasteiger partial charge in [0.2, 0.25) is 0 Å². The topological polar surface area (TPSA) is 125 Å². The number of H-pyrrole nitrogens is 1. The van der Waals surface area contributed by atoms with Crippen molar-refractivity contribution in [1.29, 1.82) is 5.26 Å². The van der Waals surface area contributed by atoms with E-state index in [0.29, 0.717) is 47.2 Å². The number of anilines is 1. The number of halogens is 2. The van der Waals surface area contributed by atoms with Gasteiger partial charge < -0.3 is 16.0 Å². The number of aromatic amines is 1. The molecule has 32 heavy (non-hydrogen) atoms. The summed E-state index contributed by atoms with van der Waals surface area (Å²) in [6, 6.07) is 15.9. The number of aryl methyl sites for hydroxylation is 1. The Bertz CT molecular complexity index is 1310. The molecular weight excluding hydrogens is 416 g/mol. The van der Waals surface area contributed by atoms with Gasteiger partial charge >= 0.3 is 0 Å². The number of fused-ring (bicyclic) bond motifs is 1. The lowest BCUT2D eigenvalue weighted by Crippen LogP contribution is -2.24. The van der Waals surface area contributed by atoms with Crippen LogP contribution in [0.25, 0.3) is 16.7 Å². The lowest BCUT2D eigenvalue weighted by atomic mass is 10.1. The second-order valence-electron chi connectivity index (χ2n) is 7.08. The van der Waals surface area contributed by atoms with Crippen LogP contribution in [0.1, 0.15) is 40.3 Å². The quantitative estimate of drug-likeness (QED) is 0.383. The number of nitrogens with one attached hydrogen (secondary N) is 2. The van der Waals surface area contributed by atoms with Crippen molar-refractivity contribution in [1.82, 2.24) is 25.1 Å². The highest BCUT2D eigenvalue weighted by Crippen LogP contribution is 2.22. The summed E-state index contributed by atoms with van der Waals surface area (Å²) in [5.74, 6) is -0.497. The van der Waals surface area contributed by atoms with Gasteiger partial charge in [-0.3, -0.25) is 4.79 Å². The number of carbonyl (C=O) groups excluding carboxylic acids is 1. The Hall–Kier alpha value is -4.26. The second-order valence-corrected chi connectivity index (χ2v) is 7.08. The number of imidazole rings is 1. The third-order valence-electron chi connectivity index (χ3n) is 4.95. The van der Waals surface area contributed by atoms with Gasteiger partial charge in [-0.05, 0) is 43.2 Å². The molecule has 4 aromatic rings. The van der Waals surface area contributed by atoms with Crippen molar-refractivity contribution in [3.8, 4) is 11.8 Å². The highest BCUT2D eigenvalue weighted by Gasteiger charge is 2.17. The molecule has 2 aromatic heterocycles. The Kier molecular flexibility index (Phi) is 5.81. The van der Waals surface area contributed by atoms with E-state index < -0.39 is 12.2 Å². The molecule has 0 aliphatic carbocycles. The summed E-state index contributed by atoms with van der Waals surface area (Å²) in [6.07, 6.45) is -1.73. The maximum Gasteiger partial charge on any atom is 0.295 e. The highest BCUT2D eigenvalue weighted by molar-refractivity contribution is 5.97. The summed E-state index contributed by atoms with van der Waals surface area (Å²) in [5, 5.41) is 16.7. The smallest absolute Gasteiger partial charge is 0.295 e. The molecule has 0 aliphatic rings. The first-order valence-corrected chi connectivity index (χ1v) is 9.87. The van der Waals surface area contributed by atoms with E-state index in [0.717, 1.165) is 5.69 Å². The fourth-order valence-corrected chi connectivity index (χ4v) is 3.37. The SMILES string of the molecule is N#Cc1c(CCCNC(=O)c2ccc3nc(C(F)F)[nH]c3c2)nn(-c2ccccc2)c1N. The summed E-state index contributed by atoms with van der Waals surface area (Å²) < 4.78 is 27.1. The number of amides is 1. The Morgan fingerprint density at radius 2 is 2.03 bits per heavy atom. The van der Waals surface area contributed by atoms with Crippen molar-refractivity contribution in [3.63, 3.8) is 0 Å². The van der Waals surface area contributed by atoms with Gasteiger partial charge in [0.05, 0.1) is 22.4 Å². The number of hydrogen-bond acceptors (Lipinski definition) is 5. The minimum absolute atomic E-state index is 0.272. The lowest BCUT2D eigenvalue weighted by molar-refractivity contribution is 0.0953. The van der Waals surface area contributed by atoms with Crippen LogP contribution in [-0.4, -0.2) is 32.2 Å². The molecule has 0 unspecified atom stereocenters. The Morgan fingerprint density at radius 3 is 2.75 bits per heavy atom. The van der Waals surface area contributed by atoms with E-state index in [1.54, 1.807) is 0 Å². The van der Waals surface area contributed by atoms with Crippen LogP contribution in [0.15, 0.2) is 48.5 Å². The molecule has 2 heterocycles. The first kappa shape index (κ1) is 21.0. The zero-order valence-electron chi connectivity index (χ0n) is 16.8. The Morgan fingerprint density at radius 1 is 1.25 bits per heavy atom. The predicted octanol–water partition coefficient (Wildman–Crippen LogP) is 3.50. The first-order valence-electron chi connectivity index (χ1n) is 9.87. The van der Waals surface area contributed by atoms with Gasteiger partial charge in [-0.15, -0.1) is 0 Å². The van der Waals surface area contributed by atoms with Gasteiger partial charge in [0.1, 0.15) is 17.5 Å². The molecule has 0 spiro atoms. The minimum Gasteiger partial charge on any atom is -0.382 e. The van der Waals surface area contributed by atoms with Crippen LogP contribution in [-0.2, 0) is 6.42 Å². The molecule has 0 aliphatic heterocycles. The van der Waals surface area contributed by atoms with Crippen LogP contribution < -0.4 is 11.1 Å². The van der Waals surface area contributed by atoms with Crippen LogP contribution in [0, 0.1) is 11.3 Å². The lowest BCUT2D eigenvalue weighted by Gasteiger charge is -2.05. The molecule has 162 valence electrons. The van der Waals surface area contributed by atoms with E-state index in [9.17, 15) is 18.8 Å². The zero-order valence-corrected chi connectivity index (χ0v) is 16.8. The molecular formula is C22H19F2N7O. The summed E-state index contributed by atoms with van der Waals surface area (Å²) in [5.41, 5.74) is 8.79. The summed E-state index contributed by atoms with van der Waals surface area (Å²) in [6.45, 7) is 0.338. The molecule has 0 saturated carbocycles. The number of nitrogens with zero attached hydrogens (tertiary/aromatic N) is 4. The maximum absolute atomic E-state index is 12.8. The molecule has 0 fully saturated rings. The van der Waals surface area contributed by atoms with Crippen molar-refractivity contribution in [3.05, 3.63) is 71.2 Å². The van der Waals surface area contributed by atoms with Crippen LogP contribution >= 0.6 is 0 Å². The van der Waals surface area contributed by atoms with E-state index in [1.165, 1.54) is 22.9 Å². The van der Waals surface area contributed by atoms with Crippen molar-refractivity contribution in [2.45, 2.75) is 19.3 Å². The number of nitriles is 1. The van der Waals surface area contributed by atoms with E-state index in [1.807, 2.05) is 30.3 Å². The average Bonchev–Trinajstić information content (AvgIpc) is 3.37. The van der Waals surface area contributed by atoms with Crippen molar-refractivity contribution in [2.75, 3.05) is 12.3 Å². The number of para-hydroxylation sites is 1. The number of alkyl halides is 2. The van der Waals surface area contributed by atoms with Gasteiger partial charge in [0.25, 0.3) is 12.3 Å². The highest BCUT2D eigenvalue weighted by atomic mass is 19.3. The van der Waals surface area contributed by atoms with Gasteiger partial charge in [-0.2, -0.15) is 10.4 Å². The fourth-order valence-electron chi connectivity index (χ4n) is 3.37. The Labute approximate surface area is 181 Å². The monoisotopic (exact) mass is 435 g/mol. The molecule has 0 atom stereocenters. The number of benzene rings is 2. The van der Waals surface area contributed by atoms with Gasteiger partial charge in [-0.1, -0.05) is 18.2 Å². The summed E-state index contributed by atoms with van der Waals surface area (Å²) in [4.78, 5) is 18.7. The third-order valence-corrected chi connectivity index (χ3v) is 4.95. The van der Waals surface area contributed by atoms with Crippen LogP contribution in [0.5, 0.6) is 0 Å². The van der Waals surface area contributed by atoms with E-state index in [2.05, 4.69) is 26.5 Å². The van der Waals surface area contributed by atoms with Gasteiger partial charge in [-0.25, -0.2) is 18.4 Å². The van der Waals surface area contributed by atoms with Crippen molar-refractivity contribution >= 4 is 22.8 Å². The molecule has 8 nitrogen and oxygen atoms in total. The number of nitrogen functional groups attached to an aromatic ring is 1. The van der Waals surface area contributed by atoms with Gasteiger partial charge in [0.15, 0.2) is 5.82 Å². The number of rotatable bonds is 7. The summed E-state index contributed by atoms with van der Waals surface area (Å²) >= 11 is 0. The van der Waals surface area contributed by atoms with E-state index in [4.69, 9.17) is 5.73 Å². The number of aromatic nitrogens is 4. The fraction of sp³-hybridized carbons (Fsp3) is 0.182.